The van der Waals surface area contributed by atoms with E-state index in [4.69, 9.17) is 28.4 Å². The lowest BCUT2D eigenvalue weighted by molar-refractivity contribution is -0.200. The summed E-state index contributed by atoms with van der Waals surface area (Å²) < 4.78 is 31.5. The summed E-state index contributed by atoms with van der Waals surface area (Å²) in [5.74, 6) is -2.89. The zero-order valence-corrected chi connectivity index (χ0v) is 49.0. The molecule has 6 amide bonds. The third-order valence-electron chi connectivity index (χ3n) is 12.3. The van der Waals surface area contributed by atoms with Gasteiger partial charge in [0.15, 0.2) is 0 Å². The quantitative estimate of drug-likeness (QED) is 0.0312. The molecule has 21 nitrogen and oxygen atoms in total. The first-order chi connectivity index (χ1) is 37.1. The highest BCUT2D eigenvalue weighted by Gasteiger charge is 2.33. The highest BCUT2D eigenvalue weighted by Crippen LogP contribution is 2.21. The van der Waals surface area contributed by atoms with Crippen molar-refractivity contribution in [3.05, 3.63) is 0 Å². The minimum atomic E-state index is -0.853. The summed E-state index contributed by atoms with van der Waals surface area (Å²) in [5.41, 5.74) is -0.964. The fourth-order valence-electron chi connectivity index (χ4n) is 8.32. The van der Waals surface area contributed by atoms with Crippen molar-refractivity contribution in [1.29, 1.82) is 0 Å². The van der Waals surface area contributed by atoms with Crippen molar-refractivity contribution in [2.24, 2.45) is 5.92 Å². The van der Waals surface area contributed by atoms with Crippen LogP contribution in [-0.2, 0) is 76.4 Å². The van der Waals surface area contributed by atoms with E-state index in [1.54, 1.807) is 0 Å². The van der Waals surface area contributed by atoms with E-state index in [0.29, 0.717) is 70.0 Å². The van der Waals surface area contributed by atoms with Gasteiger partial charge in [-0.25, -0.2) is 9.59 Å². The Balaban J connectivity index is 0.000000849. The first kappa shape index (κ1) is 71.3. The lowest BCUT2D eigenvalue weighted by Crippen LogP contribution is -2.48. The lowest BCUT2D eigenvalue weighted by atomic mass is 9.95. The van der Waals surface area contributed by atoms with Crippen LogP contribution in [0.3, 0.4) is 0 Å². The monoisotopic (exact) mass is 1110 g/mol. The number of unbranched alkanes of at least 4 members (excludes halogenated alkanes) is 15. The average molecular weight is 1110 g/mol. The maximum atomic E-state index is 12.9. The number of rotatable bonds is 41. The zero-order chi connectivity index (χ0) is 58.0. The van der Waals surface area contributed by atoms with Crippen LogP contribution in [0.1, 0.15) is 209 Å². The van der Waals surface area contributed by atoms with Crippen molar-refractivity contribution in [2.45, 2.75) is 227 Å². The van der Waals surface area contributed by atoms with Crippen LogP contribution >= 0.6 is 0 Å². The SMILES string of the molecule is CC(=O)NCCOCCOCC(=O)NCCOCCOCC(=O)ON1C(=O)CCC1=O.CCC[C@H](NC(=O)C1CCN(C(=O)CCCCCCCCCCCCCCCCCCC(=O)OC(C)(C)C)CC1)C(=O)OC(C)(C)C. The Bertz CT molecular complexity index is 1730. The number of esters is 2. The molecular formula is C57H101N5O16. The fraction of sp³-hybridized carbons (Fsp3) is 0.842. The first-order valence-electron chi connectivity index (χ1n) is 29.0. The zero-order valence-electron chi connectivity index (χ0n) is 49.0. The number of amides is 6. The van der Waals surface area contributed by atoms with E-state index in [9.17, 15) is 43.2 Å². The molecule has 450 valence electrons. The molecule has 2 aliphatic heterocycles. The number of piperidine rings is 1. The van der Waals surface area contributed by atoms with Crippen molar-refractivity contribution in [3.8, 4) is 0 Å². The van der Waals surface area contributed by atoms with Gasteiger partial charge in [-0.2, -0.15) is 0 Å². The van der Waals surface area contributed by atoms with E-state index in [0.717, 1.165) is 32.1 Å². The number of carbonyl (C=O) groups excluding carboxylic acids is 9. The van der Waals surface area contributed by atoms with E-state index in [1.807, 2.05) is 53.4 Å². The van der Waals surface area contributed by atoms with Crippen LogP contribution in [0.15, 0.2) is 0 Å². The molecule has 0 aromatic heterocycles. The molecule has 2 rings (SSSR count). The maximum absolute atomic E-state index is 12.9. The summed E-state index contributed by atoms with van der Waals surface area (Å²) in [6, 6.07) is -0.617. The predicted molar refractivity (Wildman–Crippen MR) is 293 cm³/mol. The lowest BCUT2D eigenvalue weighted by Gasteiger charge is -2.32. The molecule has 21 heteroatoms. The molecule has 0 radical (unpaired) electrons. The third-order valence-corrected chi connectivity index (χ3v) is 12.3. The molecule has 2 heterocycles. The molecule has 0 bridgehead atoms. The third kappa shape index (κ3) is 39.6. The van der Waals surface area contributed by atoms with Gasteiger partial charge in [0.2, 0.25) is 23.6 Å². The van der Waals surface area contributed by atoms with Crippen LogP contribution in [0, 0.1) is 5.92 Å². The second kappa shape index (κ2) is 43.1. The van der Waals surface area contributed by atoms with E-state index < -0.39 is 36.0 Å². The maximum Gasteiger partial charge on any atom is 0.358 e. The number of carbonyl (C=O) groups is 9. The largest absolute Gasteiger partial charge is 0.460 e. The Morgan fingerprint density at radius 3 is 1.49 bits per heavy atom. The molecule has 0 spiro atoms. The van der Waals surface area contributed by atoms with Gasteiger partial charge in [0.25, 0.3) is 11.8 Å². The average Bonchev–Trinajstić information content (AvgIpc) is 3.68. The predicted octanol–water partition coefficient (Wildman–Crippen LogP) is 7.13. The Hall–Kier alpha value is -4.73. The molecule has 0 aromatic carbocycles. The summed E-state index contributed by atoms with van der Waals surface area (Å²) in [6.45, 7) is 17.5. The van der Waals surface area contributed by atoms with Gasteiger partial charge in [0.05, 0.1) is 39.6 Å². The Labute approximate surface area is 466 Å². The normalized spacial score (nSPS) is 14.3. The molecule has 0 aromatic rings. The smallest absolute Gasteiger partial charge is 0.358 e. The second-order valence-electron chi connectivity index (χ2n) is 22.0. The van der Waals surface area contributed by atoms with Crippen molar-refractivity contribution >= 4 is 53.4 Å². The van der Waals surface area contributed by atoms with E-state index in [-0.39, 0.29) is 99.5 Å². The van der Waals surface area contributed by atoms with Gasteiger partial charge in [0, 0.05) is 64.7 Å². The number of nitrogens with one attached hydrogen (secondary N) is 3. The summed E-state index contributed by atoms with van der Waals surface area (Å²) in [5, 5.41) is 8.56. The minimum absolute atomic E-state index is 0.0268. The van der Waals surface area contributed by atoms with Gasteiger partial charge in [-0.3, -0.25) is 33.6 Å². The van der Waals surface area contributed by atoms with Gasteiger partial charge in [0.1, 0.15) is 30.5 Å². The van der Waals surface area contributed by atoms with Crippen molar-refractivity contribution < 1.29 is 76.4 Å². The van der Waals surface area contributed by atoms with Gasteiger partial charge in [-0.1, -0.05) is 103 Å². The first-order valence-corrected chi connectivity index (χ1v) is 29.0. The van der Waals surface area contributed by atoms with Crippen LogP contribution in [-0.4, -0.2) is 160 Å². The minimum Gasteiger partial charge on any atom is -0.460 e. The van der Waals surface area contributed by atoms with E-state index >= 15 is 0 Å². The molecule has 3 N–H and O–H groups in total. The summed E-state index contributed by atoms with van der Waals surface area (Å²) in [7, 11) is 0. The van der Waals surface area contributed by atoms with Crippen molar-refractivity contribution in [2.75, 3.05) is 79.0 Å². The Morgan fingerprint density at radius 1 is 0.564 bits per heavy atom. The van der Waals surface area contributed by atoms with Crippen LogP contribution in [0.5, 0.6) is 0 Å². The van der Waals surface area contributed by atoms with Crippen LogP contribution in [0.4, 0.5) is 0 Å². The second-order valence-corrected chi connectivity index (χ2v) is 22.0. The van der Waals surface area contributed by atoms with Crippen LogP contribution in [0.25, 0.3) is 0 Å². The molecule has 2 aliphatic rings. The number of likely N-dealkylation sites (tertiary alicyclic amines) is 1. The molecule has 2 saturated heterocycles. The van der Waals surface area contributed by atoms with Gasteiger partial charge >= 0.3 is 17.9 Å². The number of hydroxylamine groups is 2. The summed E-state index contributed by atoms with van der Waals surface area (Å²) >= 11 is 0. The topological polar surface area (TPSA) is 261 Å². The highest BCUT2D eigenvalue weighted by molar-refractivity contribution is 6.01. The Kier molecular flexibility index (Phi) is 39.4. The molecule has 2 fully saturated rings. The van der Waals surface area contributed by atoms with E-state index in [1.165, 1.54) is 84.0 Å². The number of imide groups is 1. The molecule has 0 aliphatic carbocycles. The molecule has 0 unspecified atom stereocenters. The van der Waals surface area contributed by atoms with Gasteiger partial charge in [-0.15, -0.1) is 5.06 Å². The molecule has 78 heavy (non-hydrogen) atoms. The molecular weight excluding hydrogens is 1010 g/mol. The summed E-state index contributed by atoms with van der Waals surface area (Å²) in [4.78, 5) is 113. The highest BCUT2D eigenvalue weighted by atomic mass is 16.7. The van der Waals surface area contributed by atoms with Crippen molar-refractivity contribution in [3.63, 3.8) is 0 Å². The summed E-state index contributed by atoms with van der Waals surface area (Å²) in [6.07, 6.45) is 23.5. The van der Waals surface area contributed by atoms with E-state index in [2.05, 4.69) is 20.8 Å². The van der Waals surface area contributed by atoms with Gasteiger partial charge in [-0.05, 0) is 73.6 Å². The number of ether oxygens (including phenoxy) is 6. The Morgan fingerprint density at radius 2 is 1.01 bits per heavy atom. The van der Waals surface area contributed by atoms with Gasteiger partial charge < -0.3 is 54.1 Å². The number of nitrogens with zero attached hydrogens (tertiary/aromatic N) is 2. The number of hydrogen-bond acceptors (Lipinski definition) is 16. The van der Waals surface area contributed by atoms with Crippen LogP contribution < -0.4 is 16.0 Å². The molecule has 1 atom stereocenters. The fourth-order valence-corrected chi connectivity index (χ4v) is 8.32. The molecule has 0 saturated carbocycles. The standard InChI is InChI=1S/C39H72N2O6.C18H29N3O10/c1-8-25-33(37(45)47-39(5,6)7)40-36(44)32-28-30-41(31-29-32)34(42)26-23-21-19-17-15-13-11-9-10-12-14-16-18-20-22-24-27-35(43)46-38(2,3)4;1-14(22)19-4-6-27-8-10-29-12-15(23)20-5-7-28-9-11-30-13-18(26)31-21-16(24)2-3-17(21)25/h32-33H,8-31H2,1-7H3,(H,40,44);2-13H2,1H3,(H,19,22)(H,20,23)/t33-;/m0./s1. The van der Waals surface area contributed by atoms with Crippen LogP contribution in [0.2, 0.25) is 0 Å². The number of hydrogen-bond donors (Lipinski definition) is 3. The van der Waals surface area contributed by atoms with Crippen molar-refractivity contribution in [1.82, 2.24) is 25.9 Å².